The fourth-order valence-electron chi connectivity index (χ4n) is 3.98. The molecular formula is C18H29N5O3. The van der Waals surface area contributed by atoms with E-state index in [1.165, 1.54) is 0 Å². The molecule has 26 heavy (non-hydrogen) atoms. The number of imidazole rings is 1. The quantitative estimate of drug-likeness (QED) is 0.843. The standard InChI is InChI=1S/C18H29N5O3/c1-14-12-19-16(20-14)17(25)23-9-8-21(2)18(13-23)5-4-15(24)22(7-6-18)10-11-26-3/h12H,4-11,13H2,1-3H3,(H,19,20)/t18-/m1/s1. The second-order valence-electron chi connectivity index (χ2n) is 7.41. The Kier molecular flexibility index (Phi) is 5.62. The van der Waals surface area contributed by atoms with Gasteiger partial charge in [0.15, 0.2) is 5.82 Å². The van der Waals surface area contributed by atoms with Gasteiger partial charge < -0.3 is 19.5 Å². The Morgan fingerprint density at radius 2 is 2.15 bits per heavy atom. The van der Waals surface area contributed by atoms with E-state index in [2.05, 4.69) is 21.9 Å². The highest BCUT2D eigenvalue weighted by Gasteiger charge is 2.43. The van der Waals surface area contributed by atoms with Crippen LogP contribution < -0.4 is 0 Å². The molecule has 1 spiro atoms. The molecule has 1 aromatic heterocycles. The number of likely N-dealkylation sites (N-methyl/N-ethyl adjacent to an activating group) is 1. The maximum atomic E-state index is 12.8. The van der Waals surface area contributed by atoms with Crippen molar-refractivity contribution >= 4 is 11.8 Å². The fourth-order valence-corrected chi connectivity index (χ4v) is 3.98. The second-order valence-corrected chi connectivity index (χ2v) is 7.41. The largest absolute Gasteiger partial charge is 0.383 e. The van der Waals surface area contributed by atoms with Gasteiger partial charge in [-0.15, -0.1) is 0 Å². The highest BCUT2D eigenvalue weighted by Crippen LogP contribution is 2.32. The van der Waals surface area contributed by atoms with Crippen molar-refractivity contribution < 1.29 is 14.3 Å². The molecule has 1 N–H and O–H groups in total. The fraction of sp³-hybridized carbons (Fsp3) is 0.722. The molecule has 2 aliphatic heterocycles. The summed E-state index contributed by atoms with van der Waals surface area (Å²) in [5.74, 6) is 0.517. The first-order valence-electron chi connectivity index (χ1n) is 9.24. The third kappa shape index (κ3) is 3.76. The number of H-pyrrole nitrogens is 1. The van der Waals surface area contributed by atoms with Crippen LogP contribution >= 0.6 is 0 Å². The lowest BCUT2D eigenvalue weighted by Crippen LogP contribution is -2.62. The molecule has 0 aliphatic carbocycles. The van der Waals surface area contributed by atoms with Gasteiger partial charge in [-0.1, -0.05) is 0 Å². The molecule has 0 radical (unpaired) electrons. The molecule has 144 valence electrons. The number of nitrogens with one attached hydrogen (secondary N) is 1. The molecule has 8 heteroatoms. The first-order valence-corrected chi connectivity index (χ1v) is 9.24. The van der Waals surface area contributed by atoms with Crippen LogP contribution in [0.1, 0.15) is 35.6 Å². The summed E-state index contributed by atoms with van der Waals surface area (Å²) in [6, 6.07) is 0. The smallest absolute Gasteiger partial charge is 0.289 e. The van der Waals surface area contributed by atoms with Crippen molar-refractivity contribution in [3.05, 3.63) is 17.7 Å². The molecule has 2 aliphatic rings. The van der Waals surface area contributed by atoms with Crippen molar-refractivity contribution in [1.29, 1.82) is 0 Å². The average molecular weight is 363 g/mol. The van der Waals surface area contributed by atoms with Gasteiger partial charge in [0.1, 0.15) is 0 Å². The van der Waals surface area contributed by atoms with Gasteiger partial charge in [0.25, 0.3) is 5.91 Å². The van der Waals surface area contributed by atoms with Crippen molar-refractivity contribution in [2.75, 3.05) is 53.5 Å². The first-order chi connectivity index (χ1) is 12.4. The molecule has 2 fully saturated rings. The SMILES string of the molecule is COCCN1CC[C@]2(CCC1=O)CN(C(=O)c1ncc(C)[nH]1)CCN2C. The van der Waals surface area contributed by atoms with Gasteiger partial charge in [-0.05, 0) is 26.8 Å². The van der Waals surface area contributed by atoms with Crippen molar-refractivity contribution in [1.82, 2.24) is 24.7 Å². The van der Waals surface area contributed by atoms with Crippen LogP contribution in [0.3, 0.4) is 0 Å². The summed E-state index contributed by atoms with van der Waals surface area (Å²) >= 11 is 0. The van der Waals surface area contributed by atoms with E-state index in [1.54, 1.807) is 13.3 Å². The maximum absolute atomic E-state index is 12.8. The van der Waals surface area contributed by atoms with Crippen LogP contribution in [-0.4, -0.2) is 95.5 Å². The van der Waals surface area contributed by atoms with E-state index in [4.69, 9.17) is 4.74 Å². The number of carbonyl (C=O) groups excluding carboxylic acids is 2. The van der Waals surface area contributed by atoms with Crippen molar-refractivity contribution in [3.63, 3.8) is 0 Å². The molecular weight excluding hydrogens is 334 g/mol. The number of piperazine rings is 1. The lowest BCUT2D eigenvalue weighted by molar-refractivity contribution is -0.131. The van der Waals surface area contributed by atoms with Crippen molar-refractivity contribution in [2.24, 2.45) is 0 Å². The summed E-state index contributed by atoms with van der Waals surface area (Å²) in [6.45, 7) is 5.89. The zero-order chi connectivity index (χ0) is 18.7. The van der Waals surface area contributed by atoms with Gasteiger partial charge in [-0.25, -0.2) is 4.98 Å². The molecule has 0 bridgehead atoms. The topological polar surface area (TPSA) is 81.8 Å². The number of ether oxygens (including phenoxy) is 1. The lowest BCUT2D eigenvalue weighted by atomic mass is 9.86. The van der Waals surface area contributed by atoms with E-state index in [-0.39, 0.29) is 17.4 Å². The van der Waals surface area contributed by atoms with Crippen LogP contribution in [0.2, 0.25) is 0 Å². The number of rotatable bonds is 4. The molecule has 8 nitrogen and oxygen atoms in total. The van der Waals surface area contributed by atoms with E-state index in [0.29, 0.717) is 45.0 Å². The number of aromatic amines is 1. The molecule has 3 heterocycles. The van der Waals surface area contributed by atoms with Gasteiger partial charge in [-0.2, -0.15) is 0 Å². The third-order valence-electron chi connectivity index (χ3n) is 5.76. The Bertz CT molecular complexity index is 661. The van der Waals surface area contributed by atoms with Crippen LogP contribution in [0.15, 0.2) is 6.20 Å². The van der Waals surface area contributed by atoms with Crippen LogP contribution in [-0.2, 0) is 9.53 Å². The molecule has 2 amide bonds. The Hall–Kier alpha value is -1.93. The van der Waals surface area contributed by atoms with Gasteiger partial charge in [-0.3, -0.25) is 14.5 Å². The van der Waals surface area contributed by atoms with E-state index >= 15 is 0 Å². The Morgan fingerprint density at radius 3 is 2.85 bits per heavy atom. The number of nitrogens with zero attached hydrogens (tertiary/aromatic N) is 4. The first kappa shape index (κ1) is 18.8. The number of carbonyl (C=O) groups is 2. The van der Waals surface area contributed by atoms with Gasteiger partial charge in [0.05, 0.1) is 6.61 Å². The minimum atomic E-state index is -0.160. The predicted molar refractivity (Wildman–Crippen MR) is 96.9 cm³/mol. The average Bonchev–Trinajstić information content (AvgIpc) is 3.00. The predicted octanol–water partition coefficient (Wildman–Crippen LogP) is 0.503. The number of aryl methyl sites for hydroxylation is 1. The highest BCUT2D eigenvalue weighted by molar-refractivity contribution is 5.90. The highest BCUT2D eigenvalue weighted by atomic mass is 16.5. The Labute approximate surface area is 154 Å². The van der Waals surface area contributed by atoms with Crippen LogP contribution in [0.25, 0.3) is 0 Å². The zero-order valence-corrected chi connectivity index (χ0v) is 16.0. The molecule has 0 aromatic carbocycles. The summed E-state index contributed by atoms with van der Waals surface area (Å²) in [5, 5.41) is 0. The van der Waals surface area contributed by atoms with Crippen LogP contribution in [0.4, 0.5) is 0 Å². The number of methoxy groups -OCH3 is 1. The lowest BCUT2D eigenvalue weighted by Gasteiger charge is -2.49. The van der Waals surface area contributed by atoms with Crippen LogP contribution in [0.5, 0.6) is 0 Å². The van der Waals surface area contributed by atoms with E-state index in [9.17, 15) is 9.59 Å². The number of amides is 2. The molecule has 1 aromatic rings. The van der Waals surface area contributed by atoms with E-state index in [1.807, 2.05) is 16.7 Å². The normalized spacial score (nSPS) is 25.0. The van der Waals surface area contributed by atoms with Gasteiger partial charge in [0.2, 0.25) is 5.91 Å². The molecule has 3 rings (SSSR count). The van der Waals surface area contributed by atoms with Crippen molar-refractivity contribution in [2.45, 2.75) is 31.7 Å². The third-order valence-corrected chi connectivity index (χ3v) is 5.76. The van der Waals surface area contributed by atoms with Gasteiger partial charge in [0, 0.05) is 63.7 Å². The molecule has 1 atom stereocenters. The summed E-state index contributed by atoms with van der Waals surface area (Å²) in [7, 11) is 3.76. The molecule has 0 saturated carbocycles. The van der Waals surface area contributed by atoms with E-state index in [0.717, 1.165) is 25.1 Å². The van der Waals surface area contributed by atoms with Crippen molar-refractivity contribution in [3.8, 4) is 0 Å². The van der Waals surface area contributed by atoms with Gasteiger partial charge >= 0.3 is 0 Å². The minimum absolute atomic E-state index is 0.0580. The minimum Gasteiger partial charge on any atom is -0.383 e. The summed E-state index contributed by atoms with van der Waals surface area (Å²) < 4.78 is 5.12. The molecule has 2 saturated heterocycles. The maximum Gasteiger partial charge on any atom is 0.289 e. The molecule has 0 unspecified atom stereocenters. The Balaban J connectivity index is 1.73. The number of likely N-dealkylation sites (tertiary alicyclic amines) is 1. The van der Waals surface area contributed by atoms with E-state index < -0.39 is 0 Å². The number of aromatic nitrogens is 2. The van der Waals surface area contributed by atoms with Crippen LogP contribution in [0, 0.1) is 6.92 Å². The summed E-state index contributed by atoms with van der Waals surface area (Å²) in [5.41, 5.74) is 0.721. The Morgan fingerprint density at radius 1 is 1.35 bits per heavy atom. The second kappa shape index (κ2) is 7.75. The monoisotopic (exact) mass is 363 g/mol. The summed E-state index contributed by atoms with van der Waals surface area (Å²) in [6.07, 6.45) is 3.82. The summed E-state index contributed by atoms with van der Waals surface area (Å²) in [4.78, 5) is 38.6. The number of hydrogen-bond acceptors (Lipinski definition) is 5. The number of hydrogen-bond donors (Lipinski definition) is 1. The zero-order valence-electron chi connectivity index (χ0n) is 16.0.